The van der Waals surface area contributed by atoms with Crippen LogP contribution in [-0.4, -0.2) is 46.0 Å². The van der Waals surface area contributed by atoms with E-state index in [2.05, 4.69) is 17.0 Å². The highest BCUT2D eigenvalue weighted by atomic mass is 32.2. The Kier molecular flexibility index (Phi) is 15.8. The summed E-state index contributed by atoms with van der Waals surface area (Å²) in [4.78, 5) is 0. The van der Waals surface area contributed by atoms with Crippen LogP contribution >= 0.6 is 0 Å². The van der Waals surface area contributed by atoms with Crippen LogP contribution in [0.1, 0.15) is 46.0 Å². The molecule has 1 heterocycles. The van der Waals surface area contributed by atoms with Crippen LogP contribution in [0, 0.1) is 5.92 Å². The summed E-state index contributed by atoms with van der Waals surface area (Å²) in [5, 5.41) is 2.46. The SMILES string of the molecule is CCCC1CCC[NH2+]C1.CCCS(=O)(=O)[O-].COC. The van der Waals surface area contributed by atoms with Crippen molar-refractivity contribution < 1.29 is 23.0 Å². The predicted octanol–water partition coefficient (Wildman–Crippen LogP) is 0.964. The van der Waals surface area contributed by atoms with Crippen molar-refractivity contribution in [3.63, 3.8) is 0 Å². The molecule has 0 aliphatic carbocycles. The lowest BCUT2D eigenvalue weighted by atomic mass is 9.95. The lowest BCUT2D eigenvalue weighted by molar-refractivity contribution is -0.669. The number of quaternary nitrogens is 1. The van der Waals surface area contributed by atoms with Gasteiger partial charge in [-0.05, 0) is 25.7 Å². The van der Waals surface area contributed by atoms with Crippen molar-refractivity contribution in [3.8, 4) is 0 Å². The lowest BCUT2D eigenvalue weighted by Gasteiger charge is -2.18. The molecule has 2 N–H and O–H groups in total. The smallest absolute Gasteiger partial charge is 0.0945 e. The van der Waals surface area contributed by atoms with E-state index in [1.165, 1.54) is 38.8 Å². The molecule has 0 amide bonds. The molecule has 5 nitrogen and oxygen atoms in total. The van der Waals surface area contributed by atoms with Crippen molar-refractivity contribution in [1.29, 1.82) is 0 Å². The third-order valence-electron chi connectivity index (χ3n) is 2.67. The standard InChI is InChI=1S/C8H17N.C3H8O3S.C2H6O/c1-2-4-8-5-3-6-9-7-8;1-2-3-7(4,5)6;1-3-2/h8-9H,2-7H2,1H3;2-3H2,1H3,(H,4,5,6);1-2H3. The molecule has 19 heavy (non-hydrogen) atoms. The van der Waals surface area contributed by atoms with Crippen molar-refractivity contribution >= 4 is 10.1 Å². The Labute approximate surface area is 118 Å². The first-order valence-corrected chi connectivity index (χ1v) is 8.64. The number of ether oxygens (including phenoxy) is 1. The third kappa shape index (κ3) is 20.3. The fraction of sp³-hybridized carbons (Fsp3) is 1.00. The van der Waals surface area contributed by atoms with Crippen molar-refractivity contribution in [1.82, 2.24) is 0 Å². The van der Waals surface area contributed by atoms with Gasteiger partial charge in [0.05, 0.1) is 23.2 Å². The molecule has 1 unspecified atom stereocenters. The van der Waals surface area contributed by atoms with Crippen molar-refractivity contribution in [2.24, 2.45) is 5.92 Å². The Morgan fingerprint density at radius 3 is 2.11 bits per heavy atom. The van der Waals surface area contributed by atoms with Gasteiger partial charge in [0.25, 0.3) is 0 Å². The Balaban J connectivity index is 0. The molecule has 1 rings (SSSR count). The van der Waals surface area contributed by atoms with Gasteiger partial charge in [-0.15, -0.1) is 0 Å². The first-order chi connectivity index (χ1) is 8.91. The van der Waals surface area contributed by atoms with E-state index >= 15 is 0 Å². The summed E-state index contributed by atoms with van der Waals surface area (Å²) in [5.41, 5.74) is 0. The van der Waals surface area contributed by atoms with E-state index < -0.39 is 10.1 Å². The summed E-state index contributed by atoms with van der Waals surface area (Å²) >= 11 is 0. The minimum Gasteiger partial charge on any atom is -0.748 e. The second-order valence-corrected chi connectivity index (χ2v) is 6.30. The highest BCUT2D eigenvalue weighted by Gasteiger charge is 2.13. The average molecular weight is 297 g/mol. The van der Waals surface area contributed by atoms with Crippen molar-refractivity contribution in [3.05, 3.63) is 0 Å². The van der Waals surface area contributed by atoms with E-state index in [0.717, 1.165) is 5.92 Å². The van der Waals surface area contributed by atoms with Crippen LogP contribution in [0.15, 0.2) is 0 Å². The van der Waals surface area contributed by atoms with Gasteiger partial charge in [0.15, 0.2) is 0 Å². The summed E-state index contributed by atoms with van der Waals surface area (Å²) in [6, 6.07) is 0. The molecule has 0 saturated carbocycles. The maximum atomic E-state index is 9.68. The van der Waals surface area contributed by atoms with Gasteiger partial charge in [-0.1, -0.05) is 20.3 Å². The minimum atomic E-state index is -3.92. The molecule has 0 bridgehead atoms. The number of rotatable bonds is 4. The van der Waals surface area contributed by atoms with Crippen LogP contribution in [-0.2, 0) is 14.9 Å². The van der Waals surface area contributed by atoms with Gasteiger partial charge in [0.1, 0.15) is 0 Å². The molecule has 0 radical (unpaired) electrons. The molecule has 0 spiro atoms. The van der Waals surface area contributed by atoms with E-state index in [1.54, 1.807) is 21.1 Å². The third-order valence-corrected chi connectivity index (χ3v) is 3.58. The zero-order chi connectivity index (χ0) is 15.1. The fourth-order valence-corrected chi connectivity index (χ4v) is 2.44. The fourth-order valence-electron chi connectivity index (χ4n) is 1.94. The maximum Gasteiger partial charge on any atom is 0.0945 e. The molecular formula is C13H31NO4S. The van der Waals surface area contributed by atoms with Crippen molar-refractivity contribution in [2.45, 2.75) is 46.0 Å². The summed E-state index contributed by atoms with van der Waals surface area (Å²) in [5.74, 6) is 0.802. The quantitative estimate of drug-likeness (QED) is 0.784. The van der Waals surface area contributed by atoms with Crippen LogP contribution in [0.25, 0.3) is 0 Å². The predicted molar refractivity (Wildman–Crippen MR) is 77.1 cm³/mol. The molecule has 6 heteroatoms. The molecule has 0 aromatic rings. The number of hydrogen-bond donors (Lipinski definition) is 1. The molecule has 1 aliphatic rings. The Morgan fingerprint density at radius 1 is 1.26 bits per heavy atom. The highest BCUT2D eigenvalue weighted by molar-refractivity contribution is 7.85. The molecule has 118 valence electrons. The second-order valence-electron chi connectivity index (χ2n) is 4.78. The Morgan fingerprint density at radius 2 is 1.84 bits per heavy atom. The van der Waals surface area contributed by atoms with Gasteiger partial charge in [0.2, 0.25) is 0 Å². The first-order valence-electron chi connectivity index (χ1n) is 7.06. The minimum absolute atomic E-state index is 0.243. The summed E-state index contributed by atoms with van der Waals surface area (Å²) in [7, 11) is -0.674. The number of hydrogen-bond acceptors (Lipinski definition) is 4. The average Bonchev–Trinajstić information content (AvgIpc) is 2.31. The summed E-state index contributed by atoms with van der Waals surface area (Å²) in [6.45, 7) is 6.71. The van der Waals surface area contributed by atoms with Crippen LogP contribution < -0.4 is 5.32 Å². The van der Waals surface area contributed by atoms with E-state index in [4.69, 9.17) is 0 Å². The molecule has 1 saturated heterocycles. The summed E-state index contributed by atoms with van der Waals surface area (Å²) in [6.07, 6.45) is 6.18. The van der Waals surface area contributed by atoms with Gasteiger partial charge in [0, 0.05) is 25.9 Å². The van der Waals surface area contributed by atoms with Crippen LogP contribution in [0.4, 0.5) is 0 Å². The Bertz CT molecular complexity index is 259. The first kappa shape index (κ1) is 21.1. The maximum absolute atomic E-state index is 9.68. The van der Waals surface area contributed by atoms with Gasteiger partial charge < -0.3 is 14.6 Å². The lowest BCUT2D eigenvalue weighted by Crippen LogP contribution is -2.87. The van der Waals surface area contributed by atoms with Crippen LogP contribution in [0.3, 0.4) is 0 Å². The highest BCUT2D eigenvalue weighted by Crippen LogP contribution is 2.12. The topological polar surface area (TPSA) is 83.0 Å². The zero-order valence-corrected chi connectivity index (χ0v) is 13.7. The summed E-state index contributed by atoms with van der Waals surface area (Å²) < 4.78 is 33.3. The van der Waals surface area contributed by atoms with Gasteiger partial charge >= 0.3 is 0 Å². The van der Waals surface area contributed by atoms with Crippen LogP contribution in [0.5, 0.6) is 0 Å². The largest absolute Gasteiger partial charge is 0.748 e. The monoisotopic (exact) mass is 297 g/mol. The molecule has 0 aromatic carbocycles. The normalized spacial score (nSPS) is 18.7. The molecule has 1 atom stereocenters. The van der Waals surface area contributed by atoms with E-state index in [1.807, 2.05) is 0 Å². The van der Waals surface area contributed by atoms with Gasteiger partial charge in [-0.3, -0.25) is 0 Å². The van der Waals surface area contributed by atoms with E-state index in [-0.39, 0.29) is 5.75 Å². The van der Waals surface area contributed by atoms with E-state index in [9.17, 15) is 13.0 Å². The van der Waals surface area contributed by atoms with Gasteiger partial charge in [-0.2, -0.15) is 0 Å². The molecule has 1 aliphatic heterocycles. The zero-order valence-electron chi connectivity index (χ0n) is 12.9. The van der Waals surface area contributed by atoms with Gasteiger partial charge in [-0.25, -0.2) is 8.42 Å². The number of piperidine rings is 1. The number of nitrogens with two attached hydrogens (primary N) is 1. The van der Waals surface area contributed by atoms with Crippen molar-refractivity contribution in [2.75, 3.05) is 33.1 Å². The van der Waals surface area contributed by atoms with Crippen LogP contribution in [0.2, 0.25) is 0 Å². The van der Waals surface area contributed by atoms with E-state index in [0.29, 0.717) is 6.42 Å². The molecule has 0 aromatic heterocycles. The molecule has 1 fully saturated rings. The second kappa shape index (κ2) is 14.2. The molecular weight excluding hydrogens is 266 g/mol. The number of methoxy groups -OCH3 is 1. The Hall–Kier alpha value is -0.170.